The first-order valence-corrected chi connectivity index (χ1v) is 12.4. The predicted molar refractivity (Wildman–Crippen MR) is 145 cm³/mol. The number of rotatable bonds is 4. The number of hydrogen-bond acceptors (Lipinski definition) is 7. The summed E-state index contributed by atoms with van der Waals surface area (Å²) in [7, 11) is 0. The van der Waals surface area contributed by atoms with E-state index in [-0.39, 0.29) is 12.4 Å². The maximum Gasteiger partial charge on any atom is 0.275 e. The molecule has 0 saturated carbocycles. The molecular formula is C29H24N6O3. The maximum atomic E-state index is 13.4. The van der Waals surface area contributed by atoms with Crippen molar-refractivity contribution in [2.45, 2.75) is 26.9 Å². The third-order valence-electron chi connectivity index (χ3n) is 7.10. The van der Waals surface area contributed by atoms with E-state index in [4.69, 9.17) is 20.2 Å². The second kappa shape index (κ2) is 8.39. The standard InChI is InChI=1S/C29H24N6O3/c1-15-16(2)32-22-9-24-23(8-21(22)31-15)33-28(29(36)34-24)20-13-35(12-18-5-3-4-17(6-18)11-30)25-10-27-26(7-19(20)25)37-14-38-27/h3-10,13H,11-12,14,30H2,1-2H3,(H,34,36). The van der Waals surface area contributed by atoms with E-state index in [2.05, 4.69) is 31.7 Å². The van der Waals surface area contributed by atoms with Gasteiger partial charge in [0.15, 0.2) is 11.5 Å². The van der Waals surface area contributed by atoms with Gasteiger partial charge < -0.3 is 24.8 Å². The molecule has 0 spiro atoms. The Morgan fingerprint density at radius 3 is 2.45 bits per heavy atom. The summed E-state index contributed by atoms with van der Waals surface area (Å²) in [6.07, 6.45) is 1.96. The Balaban J connectivity index is 1.43. The fourth-order valence-corrected chi connectivity index (χ4v) is 5.05. The van der Waals surface area contributed by atoms with Gasteiger partial charge in [-0.15, -0.1) is 0 Å². The lowest BCUT2D eigenvalue weighted by Gasteiger charge is -2.08. The highest BCUT2D eigenvalue weighted by Crippen LogP contribution is 2.40. The molecule has 3 N–H and O–H groups in total. The summed E-state index contributed by atoms with van der Waals surface area (Å²) in [6, 6.07) is 15.7. The summed E-state index contributed by atoms with van der Waals surface area (Å²) in [4.78, 5) is 30.5. The molecule has 3 aromatic carbocycles. The Morgan fingerprint density at radius 2 is 1.66 bits per heavy atom. The average molecular weight is 505 g/mol. The summed E-state index contributed by atoms with van der Waals surface area (Å²) in [6.45, 7) is 5.08. The first-order valence-electron chi connectivity index (χ1n) is 12.4. The van der Waals surface area contributed by atoms with Crippen LogP contribution in [0.4, 0.5) is 0 Å². The summed E-state index contributed by atoms with van der Waals surface area (Å²) in [5.41, 5.74) is 14.1. The molecule has 9 nitrogen and oxygen atoms in total. The van der Waals surface area contributed by atoms with E-state index in [1.165, 1.54) is 0 Å². The highest BCUT2D eigenvalue weighted by Gasteiger charge is 2.22. The van der Waals surface area contributed by atoms with Crippen molar-refractivity contribution in [3.05, 3.63) is 87.6 Å². The lowest BCUT2D eigenvalue weighted by molar-refractivity contribution is 0.174. The molecule has 0 saturated heterocycles. The molecule has 0 amide bonds. The van der Waals surface area contributed by atoms with E-state index in [1.807, 2.05) is 56.4 Å². The quantitative estimate of drug-likeness (QED) is 0.343. The van der Waals surface area contributed by atoms with Gasteiger partial charge in [-0.3, -0.25) is 4.79 Å². The lowest BCUT2D eigenvalue weighted by atomic mass is 10.1. The molecule has 4 heterocycles. The van der Waals surface area contributed by atoms with Gasteiger partial charge in [0.1, 0.15) is 5.69 Å². The van der Waals surface area contributed by atoms with Crippen molar-refractivity contribution in [3.63, 3.8) is 0 Å². The van der Waals surface area contributed by atoms with Crippen LogP contribution in [0.1, 0.15) is 22.5 Å². The van der Waals surface area contributed by atoms with Crippen LogP contribution in [0.25, 0.3) is 44.2 Å². The molecule has 0 unspecified atom stereocenters. The molecule has 3 aromatic heterocycles. The van der Waals surface area contributed by atoms with Crippen molar-refractivity contribution in [1.82, 2.24) is 24.5 Å². The van der Waals surface area contributed by atoms with Gasteiger partial charge in [-0.2, -0.15) is 0 Å². The second-order valence-electron chi connectivity index (χ2n) is 9.58. The van der Waals surface area contributed by atoms with Gasteiger partial charge in [-0.05, 0) is 43.2 Å². The van der Waals surface area contributed by atoms with Crippen LogP contribution >= 0.6 is 0 Å². The van der Waals surface area contributed by atoms with Gasteiger partial charge >= 0.3 is 0 Å². The first-order chi connectivity index (χ1) is 18.5. The number of nitrogens with one attached hydrogen (secondary N) is 1. The third kappa shape index (κ3) is 3.59. The normalized spacial score (nSPS) is 12.7. The molecule has 1 aliphatic rings. The zero-order valence-electron chi connectivity index (χ0n) is 20.9. The van der Waals surface area contributed by atoms with Crippen molar-refractivity contribution < 1.29 is 9.47 Å². The largest absolute Gasteiger partial charge is 0.454 e. The number of aryl methyl sites for hydroxylation is 2. The molecule has 0 bridgehead atoms. The zero-order chi connectivity index (χ0) is 26.0. The number of ether oxygens (including phenoxy) is 2. The number of H-pyrrole nitrogens is 1. The molecule has 0 fully saturated rings. The van der Waals surface area contributed by atoms with Crippen LogP contribution in [-0.2, 0) is 13.1 Å². The van der Waals surface area contributed by atoms with E-state index < -0.39 is 0 Å². The topological polar surface area (TPSA) is 121 Å². The second-order valence-corrected chi connectivity index (χ2v) is 9.58. The van der Waals surface area contributed by atoms with Crippen molar-refractivity contribution >= 4 is 33.0 Å². The Hall–Kier alpha value is -4.76. The predicted octanol–water partition coefficient (Wildman–Crippen LogP) is 4.34. The number of nitrogens with zero attached hydrogens (tertiary/aromatic N) is 4. The van der Waals surface area contributed by atoms with E-state index in [9.17, 15) is 4.79 Å². The van der Waals surface area contributed by atoms with E-state index >= 15 is 0 Å². The highest BCUT2D eigenvalue weighted by molar-refractivity contribution is 5.98. The molecule has 7 rings (SSSR count). The maximum absolute atomic E-state index is 13.4. The minimum atomic E-state index is -0.282. The molecule has 38 heavy (non-hydrogen) atoms. The summed E-state index contributed by atoms with van der Waals surface area (Å²) in [5.74, 6) is 1.32. The molecule has 9 heteroatoms. The van der Waals surface area contributed by atoms with Crippen LogP contribution in [0.5, 0.6) is 11.5 Å². The average Bonchev–Trinajstić information content (AvgIpc) is 3.51. The number of aromatic amines is 1. The molecule has 0 radical (unpaired) electrons. The fraction of sp³-hybridized carbons (Fsp3) is 0.172. The van der Waals surface area contributed by atoms with E-state index in [0.717, 1.165) is 44.5 Å². The number of nitrogens with two attached hydrogens (primary N) is 1. The Kier molecular flexibility index (Phi) is 4.95. The number of hydrogen-bond donors (Lipinski definition) is 2. The van der Waals surface area contributed by atoms with E-state index in [1.54, 1.807) is 0 Å². The van der Waals surface area contributed by atoms with Crippen molar-refractivity contribution in [2.24, 2.45) is 5.73 Å². The number of benzene rings is 3. The smallest absolute Gasteiger partial charge is 0.275 e. The third-order valence-corrected chi connectivity index (χ3v) is 7.10. The SMILES string of the molecule is Cc1nc2cc3nc(-c4cn(Cc5cccc(CN)c5)c5cc6c(cc45)OCO6)c(=O)[nH]c3cc2nc1C. The molecule has 0 aliphatic carbocycles. The molecule has 6 aromatic rings. The summed E-state index contributed by atoms with van der Waals surface area (Å²) >= 11 is 0. The highest BCUT2D eigenvalue weighted by atomic mass is 16.7. The zero-order valence-corrected chi connectivity index (χ0v) is 20.9. The minimum Gasteiger partial charge on any atom is -0.454 e. The summed E-state index contributed by atoms with van der Waals surface area (Å²) < 4.78 is 13.4. The van der Waals surface area contributed by atoms with Gasteiger partial charge in [-0.25, -0.2) is 15.0 Å². The molecule has 188 valence electrons. The van der Waals surface area contributed by atoms with Crippen LogP contribution in [0, 0.1) is 13.8 Å². The first kappa shape index (κ1) is 22.4. The van der Waals surface area contributed by atoms with Crippen LogP contribution in [0.2, 0.25) is 0 Å². The fourth-order valence-electron chi connectivity index (χ4n) is 5.05. The summed E-state index contributed by atoms with van der Waals surface area (Å²) in [5, 5.41) is 0.855. The molecule has 0 atom stereocenters. The monoisotopic (exact) mass is 504 g/mol. The van der Waals surface area contributed by atoms with Gasteiger partial charge in [0.05, 0.1) is 39.0 Å². The van der Waals surface area contributed by atoms with Crippen molar-refractivity contribution in [3.8, 4) is 22.8 Å². The number of aromatic nitrogens is 5. The van der Waals surface area contributed by atoms with Crippen LogP contribution in [-0.4, -0.2) is 31.3 Å². The van der Waals surface area contributed by atoms with E-state index in [0.29, 0.717) is 46.9 Å². The van der Waals surface area contributed by atoms with Crippen LogP contribution in [0.3, 0.4) is 0 Å². The number of fused-ring (bicyclic) bond motifs is 4. The molecular weight excluding hydrogens is 480 g/mol. The van der Waals surface area contributed by atoms with Gasteiger partial charge in [-0.1, -0.05) is 24.3 Å². The van der Waals surface area contributed by atoms with Crippen LogP contribution in [0.15, 0.2) is 59.5 Å². The Morgan fingerprint density at radius 1 is 0.921 bits per heavy atom. The van der Waals surface area contributed by atoms with Gasteiger partial charge in [0.25, 0.3) is 5.56 Å². The van der Waals surface area contributed by atoms with Crippen molar-refractivity contribution in [2.75, 3.05) is 6.79 Å². The molecule has 1 aliphatic heterocycles. The minimum absolute atomic E-state index is 0.164. The van der Waals surface area contributed by atoms with Crippen molar-refractivity contribution in [1.29, 1.82) is 0 Å². The van der Waals surface area contributed by atoms with Crippen LogP contribution < -0.4 is 20.8 Å². The van der Waals surface area contributed by atoms with Gasteiger partial charge in [0.2, 0.25) is 6.79 Å². The lowest BCUT2D eigenvalue weighted by Crippen LogP contribution is -2.11. The Labute approximate surface area is 216 Å². The van der Waals surface area contributed by atoms with Gasteiger partial charge in [0, 0.05) is 36.3 Å². The Bertz CT molecular complexity index is 1970.